The number of methoxy groups -OCH3 is 1. The van der Waals surface area contributed by atoms with Crippen LogP contribution in [0.5, 0.6) is 5.75 Å². The number of aryl methyl sites for hydroxylation is 2. The van der Waals surface area contributed by atoms with E-state index in [9.17, 15) is 0 Å². The van der Waals surface area contributed by atoms with Crippen LogP contribution >= 0.6 is 11.6 Å². The lowest BCUT2D eigenvalue weighted by Crippen LogP contribution is -1.94. The molecule has 2 nitrogen and oxygen atoms in total. The molecule has 0 spiro atoms. The van der Waals surface area contributed by atoms with E-state index in [0.29, 0.717) is 10.8 Å². The molecule has 0 amide bonds. The molecule has 0 atom stereocenters. The van der Waals surface area contributed by atoms with Gasteiger partial charge in [-0.05, 0) is 37.0 Å². The van der Waals surface area contributed by atoms with Crippen LogP contribution in [0.25, 0.3) is 0 Å². The van der Waals surface area contributed by atoms with Crippen molar-refractivity contribution in [3.63, 3.8) is 0 Å². The molecule has 14 heavy (non-hydrogen) atoms. The molecule has 78 valence electrons. The monoisotopic (exact) mass is 214 g/mol. The summed E-state index contributed by atoms with van der Waals surface area (Å²) in [6.45, 7) is 2.19. The van der Waals surface area contributed by atoms with Crippen LogP contribution in [0, 0.1) is 6.92 Å². The molecular weight excluding hydrogens is 200 g/mol. The highest BCUT2D eigenvalue weighted by Crippen LogP contribution is 2.30. The molecule has 1 aromatic rings. The van der Waals surface area contributed by atoms with Crippen molar-refractivity contribution >= 4 is 11.6 Å². The second-order valence-corrected chi connectivity index (χ2v) is 3.65. The smallest absolute Gasteiger partial charge is 0.137 e. The number of aliphatic hydroxyl groups excluding tert-OH is 1. The molecule has 0 fully saturated rings. The Morgan fingerprint density at radius 3 is 2.71 bits per heavy atom. The molecule has 0 saturated carbocycles. The van der Waals surface area contributed by atoms with Crippen LogP contribution in [-0.4, -0.2) is 18.8 Å². The topological polar surface area (TPSA) is 29.5 Å². The fourth-order valence-electron chi connectivity index (χ4n) is 1.41. The first-order valence-electron chi connectivity index (χ1n) is 4.63. The average Bonchev–Trinajstić information content (AvgIpc) is 2.18. The molecule has 0 heterocycles. The number of ether oxygens (including phenoxy) is 1. The summed E-state index contributed by atoms with van der Waals surface area (Å²) in [7, 11) is 1.61. The van der Waals surface area contributed by atoms with Crippen LogP contribution in [0.2, 0.25) is 5.02 Å². The quantitative estimate of drug-likeness (QED) is 0.835. The molecule has 0 aliphatic rings. The Hall–Kier alpha value is -0.730. The van der Waals surface area contributed by atoms with Gasteiger partial charge in [-0.15, -0.1) is 0 Å². The number of aliphatic hydroxyl groups is 1. The summed E-state index contributed by atoms with van der Waals surface area (Å²) < 4.78 is 5.15. The van der Waals surface area contributed by atoms with Crippen LogP contribution in [0.3, 0.4) is 0 Å². The molecule has 3 heteroatoms. The molecule has 0 radical (unpaired) electrons. The predicted molar refractivity (Wildman–Crippen MR) is 58.1 cm³/mol. The summed E-state index contributed by atoms with van der Waals surface area (Å²) in [5.74, 6) is 0.708. The van der Waals surface area contributed by atoms with Gasteiger partial charge in [0.25, 0.3) is 0 Å². The first kappa shape index (κ1) is 11.3. The molecule has 0 bridgehead atoms. The zero-order valence-electron chi connectivity index (χ0n) is 8.51. The molecule has 0 aliphatic carbocycles. The van der Waals surface area contributed by atoms with Gasteiger partial charge in [0.15, 0.2) is 0 Å². The third kappa shape index (κ3) is 2.63. The number of hydrogen-bond acceptors (Lipinski definition) is 2. The van der Waals surface area contributed by atoms with Gasteiger partial charge in [-0.1, -0.05) is 17.7 Å². The average molecular weight is 215 g/mol. The zero-order valence-corrected chi connectivity index (χ0v) is 9.27. The number of hydrogen-bond donors (Lipinski definition) is 1. The van der Waals surface area contributed by atoms with E-state index in [0.717, 1.165) is 24.0 Å². The fraction of sp³-hybridized carbons (Fsp3) is 0.455. The highest BCUT2D eigenvalue weighted by Gasteiger charge is 2.07. The van der Waals surface area contributed by atoms with E-state index in [1.807, 2.05) is 19.1 Å². The van der Waals surface area contributed by atoms with E-state index in [1.54, 1.807) is 7.11 Å². The molecular formula is C11H15ClO2. The van der Waals surface area contributed by atoms with Crippen molar-refractivity contribution in [2.24, 2.45) is 0 Å². The Morgan fingerprint density at radius 1 is 1.43 bits per heavy atom. The van der Waals surface area contributed by atoms with Gasteiger partial charge in [0, 0.05) is 6.61 Å². The number of benzene rings is 1. The Balaban J connectivity index is 2.96. The number of halogens is 1. The van der Waals surface area contributed by atoms with Crippen molar-refractivity contribution < 1.29 is 9.84 Å². The Labute approximate surface area is 89.5 Å². The van der Waals surface area contributed by atoms with Crippen molar-refractivity contribution in [2.75, 3.05) is 13.7 Å². The second-order valence-electron chi connectivity index (χ2n) is 3.27. The van der Waals surface area contributed by atoms with E-state index in [4.69, 9.17) is 21.4 Å². The van der Waals surface area contributed by atoms with Crippen molar-refractivity contribution in [1.29, 1.82) is 0 Å². The Bertz CT molecular complexity index is 310. The molecule has 1 aromatic carbocycles. The third-order valence-electron chi connectivity index (χ3n) is 2.08. The van der Waals surface area contributed by atoms with Gasteiger partial charge in [-0.25, -0.2) is 0 Å². The maximum Gasteiger partial charge on any atom is 0.137 e. The Kier molecular flexibility index (Phi) is 4.23. The molecule has 0 unspecified atom stereocenters. The minimum atomic E-state index is 0.187. The van der Waals surface area contributed by atoms with Crippen LogP contribution in [0.15, 0.2) is 12.1 Å². The summed E-state index contributed by atoms with van der Waals surface area (Å²) in [4.78, 5) is 0. The standard InChI is InChI=1S/C11H15ClO2/c1-8-6-9(4-3-5-13)11(12)10(7-8)14-2/h6-7,13H,3-5H2,1-2H3. The molecule has 0 aromatic heterocycles. The van der Waals surface area contributed by atoms with Crippen LogP contribution < -0.4 is 4.74 Å². The summed E-state index contributed by atoms with van der Waals surface area (Å²) in [5.41, 5.74) is 2.16. The first-order chi connectivity index (χ1) is 6.69. The first-order valence-corrected chi connectivity index (χ1v) is 5.00. The maximum absolute atomic E-state index is 8.74. The minimum Gasteiger partial charge on any atom is -0.495 e. The van der Waals surface area contributed by atoms with Gasteiger partial charge in [0.05, 0.1) is 12.1 Å². The van der Waals surface area contributed by atoms with Crippen molar-refractivity contribution in [3.05, 3.63) is 28.3 Å². The largest absolute Gasteiger partial charge is 0.495 e. The second kappa shape index (κ2) is 5.23. The van der Waals surface area contributed by atoms with Crippen LogP contribution in [0.1, 0.15) is 17.5 Å². The highest BCUT2D eigenvalue weighted by atomic mass is 35.5. The third-order valence-corrected chi connectivity index (χ3v) is 2.51. The van der Waals surface area contributed by atoms with Gasteiger partial charge < -0.3 is 9.84 Å². The van der Waals surface area contributed by atoms with Crippen molar-refractivity contribution in [2.45, 2.75) is 19.8 Å². The lowest BCUT2D eigenvalue weighted by atomic mass is 10.1. The van der Waals surface area contributed by atoms with Gasteiger partial charge in [0.1, 0.15) is 5.75 Å². The lowest BCUT2D eigenvalue weighted by Gasteiger charge is -2.09. The zero-order chi connectivity index (χ0) is 10.6. The summed E-state index contributed by atoms with van der Waals surface area (Å²) in [6.07, 6.45) is 1.51. The van der Waals surface area contributed by atoms with Gasteiger partial charge in [-0.3, -0.25) is 0 Å². The van der Waals surface area contributed by atoms with Crippen molar-refractivity contribution in [3.8, 4) is 5.75 Å². The van der Waals surface area contributed by atoms with Gasteiger partial charge >= 0.3 is 0 Å². The van der Waals surface area contributed by atoms with E-state index in [2.05, 4.69) is 0 Å². The van der Waals surface area contributed by atoms with E-state index >= 15 is 0 Å². The summed E-state index contributed by atoms with van der Waals surface area (Å²) in [5, 5.41) is 9.40. The van der Waals surface area contributed by atoms with Crippen molar-refractivity contribution in [1.82, 2.24) is 0 Å². The summed E-state index contributed by atoms with van der Waals surface area (Å²) >= 11 is 6.11. The minimum absolute atomic E-state index is 0.187. The molecule has 0 aliphatic heterocycles. The lowest BCUT2D eigenvalue weighted by molar-refractivity contribution is 0.288. The molecule has 0 saturated heterocycles. The highest BCUT2D eigenvalue weighted by molar-refractivity contribution is 6.32. The Morgan fingerprint density at radius 2 is 2.14 bits per heavy atom. The van der Waals surface area contributed by atoms with E-state index in [-0.39, 0.29) is 6.61 Å². The SMILES string of the molecule is COc1cc(C)cc(CCCO)c1Cl. The van der Waals surface area contributed by atoms with E-state index in [1.165, 1.54) is 0 Å². The normalized spacial score (nSPS) is 10.3. The molecule has 1 rings (SSSR count). The van der Waals surface area contributed by atoms with Gasteiger partial charge in [-0.2, -0.15) is 0 Å². The predicted octanol–water partition coefficient (Wildman–Crippen LogP) is 2.58. The fourth-order valence-corrected chi connectivity index (χ4v) is 1.69. The number of rotatable bonds is 4. The maximum atomic E-state index is 8.74. The summed E-state index contributed by atoms with van der Waals surface area (Å²) in [6, 6.07) is 3.94. The van der Waals surface area contributed by atoms with Gasteiger partial charge in [0.2, 0.25) is 0 Å². The van der Waals surface area contributed by atoms with Crippen LogP contribution in [0.4, 0.5) is 0 Å². The molecule has 1 N–H and O–H groups in total. The van der Waals surface area contributed by atoms with Crippen LogP contribution in [-0.2, 0) is 6.42 Å². The van der Waals surface area contributed by atoms with E-state index < -0.39 is 0 Å².